The van der Waals surface area contributed by atoms with Crippen molar-refractivity contribution in [2.45, 2.75) is 130 Å². The Morgan fingerprint density at radius 2 is 1.14 bits per heavy atom. The maximum Gasteiger partial charge on any atom is 0.375 e. The van der Waals surface area contributed by atoms with Gasteiger partial charge in [-0.15, -0.1) is 0 Å². The van der Waals surface area contributed by atoms with Crippen LogP contribution in [0.5, 0.6) is 0 Å². The molecule has 35 heavy (non-hydrogen) atoms. The molecule has 1 rings (SSSR count). The lowest BCUT2D eigenvalue weighted by Gasteiger charge is -2.17. The van der Waals surface area contributed by atoms with Gasteiger partial charge in [-0.05, 0) is 43.6 Å². The topological polar surface area (TPSA) is 65.7 Å². The molecule has 0 spiro atoms. The van der Waals surface area contributed by atoms with E-state index in [1.165, 1.54) is 70.1 Å². The van der Waals surface area contributed by atoms with Crippen LogP contribution in [-0.4, -0.2) is 25.2 Å². The lowest BCUT2D eigenvalue weighted by Crippen LogP contribution is -2.18. The minimum Gasteiger partial charge on any atom is -0.462 e. The van der Waals surface area contributed by atoms with Gasteiger partial charge in [0.15, 0.2) is 0 Å². The molecule has 202 valence electrons. The van der Waals surface area contributed by atoms with Crippen LogP contribution in [0.15, 0.2) is 16.7 Å². The van der Waals surface area contributed by atoms with Crippen molar-refractivity contribution < 1.29 is 23.5 Å². The Bertz CT molecular complexity index is 611. The van der Waals surface area contributed by atoms with E-state index in [0.717, 1.165) is 44.9 Å². The smallest absolute Gasteiger partial charge is 0.375 e. The summed E-state index contributed by atoms with van der Waals surface area (Å²) >= 11 is 0. The molecule has 1 heterocycles. The fraction of sp³-hybridized carbons (Fsp3) is 0.800. The third-order valence-corrected chi connectivity index (χ3v) is 6.80. The zero-order valence-electron chi connectivity index (χ0n) is 23.1. The molecule has 0 aliphatic carbocycles. The molecule has 0 aromatic carbocycles. The first-order chi connectivity index (χ1) is 17.1. The molecule has 2 unspecified atom stereocenters. The second kappa shape index (κ2) is 20.4. The van der Waals surface area contributed by atoms with Crippen molar-refractivity contribution in [2.24, 2.45) is 11.8 Å². The van der Waals surface area contributed by atoms with Crippen LogP contribution in [0.25, 0.3) is 0 Å². The van der Waals surface area contributed by atoms with Crippen LogP contribution in [0, 0.1) is 11.8 Å². The van der Waals surface area contributed by atoms with Crippen molar-refractivity contribution in [1.82, 2.24) is 0 Å². The molecular formula is C30H52O5. The normalized spacial score (nSPS) is 12.9. The van der Waals surface area contributed by atoms with Gasteiger partial charge in [0.1, 0.15) is 5.56 Å². The van der Waals surface area contributed by atoms with Crippen molar-refractivity contribution in [3.63, 3.8) is 0 Å². The minimum absolute atomic E-state index is 0.0419. The van der Waals surface area contributed by atoms with E-state index in [4.69, 9.17) is 13.9 Å². The highest BCUT2D eigenvalue weighted by molar-refractivity contribution is 6.01. The van der Waals surface area contributed by atoms with Gasteiger partial charge >= 0.3 is 11.9 Å². The number of unbranched alkanes of at least 4 members (excludes halogenated alkanes) is 8. The number of hydrogen-bond acceptors (Lipinski definition) is 5. The molecular weight excluding hydrogens is 440 g/mol. The van der Waals surface area contributed by atoms with Crippen LogP contribution < -0.4 is 0 Å². The Balaban J connectivity index is 2.53. The third-order valence-electron chi connectivity index (χ3n) is 6.80. The maximum atomic E-state index is 12.7. The van der Waals surface area contributed by atoms with Gasteiger partial charge in [-0.2, -0.15) is 0 Å². The molecule has 0 N–H and O–H groups in total. The SMILES string of the molecule is CCCCCCCC(CCC)COC(=O)c1ccoc1C(=O)OCC(CCC)CCCCCCC. The summed E-state index contributed by atoms with van der Waals surface area (Å²) in [6.07, 6.45) is 20.1. The van der Waals surface area contributed by atoms with Crippen LogP contribution in [0.1, 0.15) is 151 Å². The van der Waals surface area contributed by atoms with Gasteiger partial charge in [0.25, 0.3) is 0 Å². The number of carbonyl (C=O) groups excluding carboxylic acids is 2. The van der Waals surface area contributed by atoms with E-state index in [2.05, 4.69) is 27.7 Å². The van der Waals surface area contributed by atoms with Gasteiger partial charge < -0.3 is 13.9 Å². The standard InChI is InChI=1S/C30H52O5/c1-5-9-11-13-15-19-25(17-7-3)23-34-29(31)27-21-22-33-28(27)30(32)35-24-26(18-8-4)20-16-14-12-10-6-2/h21-22,25-26H,5-20,23-24H2,1-4H3. The van der Waals surface area contributed by atoms with Gasteiger partial charge in [-0.25, -0.2) is 9.59 Å². The number of rotatable bonds is 22. The first kappa shape index (κ1) is 31.3. The lowest BCUT2D eigenvalue weighted by molar-refractivity contribution is 0.0350. The van der Waals surface area contributed by atoms with E-state index in [-0.39, 0.29) is 11.3 Å². The summed E-state index contributed by atoms with van der Waals surface area (Å²) in [5.74, 6) is -0.406. The van der Waals surface area contributed by atoms with Crippen molar-refractivity contribution in [3.05, 3.63) is 23.7 Å². The van der Waals surface area contributed by atoms with Crippen LogP contribution in [-0.2, 0) is 9.47 Å². The van der Waals surface area contributed by atoms with Crippen molar-refractivity contribution in [2.75, 3.05) is 13.2 Å². The fourth-order valence-electron chi connectivity index (χ4n) is 4.67. The Kier molecular flexibility index (Phi) is 18.2. The predicted octanol–water partition coefficient (Wildman–Crippen LogP) is 9.15. The predicted molar refractivity (Wildman–Crippen MR) is 143 cm³/mol. The Morgan fingerprint density at radius 3 is 1.63 bits per heavy atom. The molecule has 0 aliphatic rings. The molecule has 0 saturated carbocycles. The molecule has 0 saturated heterocycles. The zero-order valence-corrected chi connectivity index (χ0v) is 23.1. The highest BCUT2D eigenvalue weighted by atomic mass is 16.5. The van der Waals surface area contributed by atoms with Gasteiger partial charge in [-0.3, -0.25) is 0 Å². The summed E-state index contributed by atoms with van der Waals surface area (Å²) in [7, 11) is 0. The van der Waals surface area contributed by atoms with Crippen molar-refractivity contribution in [1.29, 1.82) is 0 Å². The van der Waals surface area contributed by atoms with E-state index >= 15 is 0 Å². The van der Waals surface area contributed by atoms with Crippen molar-refractivity contribution in [3.8, 4) is 0 Å². The van der Waals surface area contributed by atoms with Gasteiger partial charge in [0.05, 0.1) is 19.5 Å². The summed E-state index contributed by atoms with van der Waals surface area (Å²) in [5, 5.41) is 0. The first-order valence-electron chi connectivity index (χ1n) is 14.5. The van der Waals surface area contributed by atoms with Crippen LogP contribution in [0.2, 0.25) is 0 Å². The highest BCUT2D eigenvalue weighted by Crippen LogP contribution is 2.21. The van der Waals surface area contributed by atoms with Gasteiger partial charge in [0, 0.05) is 0 Å². The third kappa shape index (κ3) is 13.8. The van der Waals surface area contributed by atoms with E-state index < -0.39 is 11.9 Å². The van der Waals surface area contributed by atoms with E-state index in [9.17, 15) is 9.59 Å². The zero-order chi connectivity index (χ0) is 25.7. The van der Waals surface area contributed by atoms with E-state index in [1.807, 2.05) is 0 Å². The average molecular weight is 493 g/mol. The fourth-order valence-corrected chi connectivity index (χ4v) is 4.67. The second-order valence-electron chi connectivity index (χ2n) is 10.1. The van der Waals surface area contributed by atoms with E-state index in [1.54, 1.807) is 0 Å². The Hall–Kier alpha value is -1.78. The molecule has 0 radical (unpaired) electrons. The van der Waals surface area contributed by atoms with Crippen LogP contribution >= 0.6 is 0 Å². The monoisotopic (exact) mass is 492 g/mol. The van der Waals surface area contributed by atoms with Gasteiger partial charge in [0.2, 0.25) is 5.76 Å². The summed E-state index contributed by atoms with van der Waals surface area (Å²) in [6, 6.07) is 1.51. The van der Waals surface area contributed by atoms with Crippen molar-refractivity contribution >= 4 is 11.9 Å². The number of hydrogen-bond donors (Lipinski definition) is 0. The average Bonchev–Trinajstić information content (AvgIpc) is 3.35. The maximum absolute atomic E-state index is 12.7. The Labute approximate surface area is 214 Å². The molecule has 0 fully saturated rings. The quantitative estimate of drug-likeness (QED) is 0.119. The largest absolute Gasteiger partial charge is 0.462 e. The number of ether oxygens (including phenoxy) is 2. The summed E-state index contributed by atoms with van der Waals surface area (Å²) in [4.78, 5) is 25.4. The molecule has 1 aromatic heterocycles. The molecule has 1 aromatic rings. The molecule has 2 atom stereocenters. The van der Waals surface area contributed by atoms with E-state index in [0.29, 0.717) is 25.0 Å². The first-order valence-corrected chi connectivity index (χ1v) is 14.5. The van der Waals surface area contributed by atoms with Gasteiger partial charge in [-0.1, -0.05) is 105 Å². The molecule has 5 nitrogen and oxygen atoms in total. The molecule has 5 heteroatoms. The second-order valence-corrected chi connectivity index (χ2v) is 10.1. The highest BCUT2D eigenvalue weighted by Gasteiger charge is 2.25. The summed E-state index contributed by atoms with van der Waals surface area (Å²) in [5.41, 5.74) is 0.166. The molecule has 0 bridgehead atoms. The number of carbonyl (C=O) groups is 2. The summed E-state index contributed by atoms with van der Waals surface area (Å²) < 4.78 is 16.5. The number of furan rings is 1. The Morgan fingerprint density at radius 1 is 0.657 bits per heavy atom. The number of esters is 2. The summed E-state index contributed by atoms with van der Waals surface area (Å²) in [6.45, 7) is 9.51. The van der Waals surface area contributed by atoms with Crippen LogP contribution in [0.3, 0.4) is 0 Å². The lowest BCUT2D eigenvalue weighted by atomic mass is 9.97. The van der Waals surface area contributed by atoms with Crippen LogP contribution in [0.4, 0.5) is 0 Å². The molecule has 0 aliphatic heterocycles. The molecule has 0 amide bonds. The minimum atomic E-state index is -0.574.